The second-order valence-electron chi connectivity index (χ2n) is 9.18. The first kappa shape index (κ1) is 24.1. The smallest absolute Gasteiger partial charge is 0.307 e. The van der Waals surface area contributed by atoms with E-state index in [0.717, 1.165) is 33.5 Å². The molecule has 7 heteroatoms. The van der Waals surface area contributed by atoms with E-state index < -0.39 is 21.8 Å². The van der Waals surface area contributed by atoms with Crippen molar-refractivity contribution in [2.75, 3.05) is 6.61 Å². The van der Waals surface area contributed by atoms with Crippen LogP contribution in [-0.4, -0.2) is 30.9 Å². The van der Waals surface area contributed by atoms with Crippen LogP contribution in [0.2, 0.25) is 0 Å². The number of benzene rings is 1. The maximum atomic E-state index is 12.9. The van der Waals surface area contributed by atoms with Crippen LogP contribution in [0.25, 0.3) is 16.8 Å². The number of carbonyl (C=O) groups excluding carboxylic acids is 1. The third kappa shape index (κ3) is 5.27. The van der Waals surface area contributed by atoms with Crippen LogP contribution < -0.4 is 4.72 Å². The highest BCUT2D eigenvalue weighted by atomic mass is 32.2. The predicted molar refractivity (Wildman–Crippen MR) is 130 cm³/mol. The maximum absolute atomic E-state index is 12.9. The van der Waals surface area contributed by atoms with Crippen LogP contribution in [0.4, 0.5) is 0 Å². The lowest BCUT2D eigenvalue weighted by Crippen LogP contribution is -2.36. The number of carbonyl (C=O) groups is 1. The Bertz CT molecular complexity index is 1140. The van der Waals surface area contributed by atoms with Crippen molar-refractivity contribution in [3.63, 3.8) is 0 Å². The van der Waals surface area contributed by atoms with Gasteiger partial charge in [0.15, 0.2) is 0 Å². The van der Waals surface area contributed by atoms with E-state index >= 15 is 0 Å². The van der Waals surface area contributed by atoms with Gasteiger partial charge in [0.1, 0.15) is 5.65 Å². The summed E-state index contributed by atoms with van der Waals surface area (Å²) in [4.78, 5) is 17.0. The number of ether oxygens (including phenoxy) is 1. The minimum absolute atomic E-state index is 0.0845. The Labute approximate surface area is 193 Å². The zero-order valence-corrected chi connectivity index (χ0v) is 20.8. The molecule has 32 heavy (non-hydrogen) atoms. The molecular weight excluding hydrogens is 422 g/mol. The molecule has 0 amide bonds. The lowest BCUT2D eigenvalue weighted by Gasteiger charge is -2.25. The summed E-state index contributed by atoms with van der Waals surface area (Å²) in [6.07, 6.45) is 5.69. The molecule has 3 aromatic rings. The molecule has 0 aliphatic carbocycles. The molecule has 3 rings (SSSR count). The van der Waals surface area contributed by atoms with E-state index in [1.807, 2.05) is 37.6 Å². The normalized spacial score (nSPS) is 13.8. The average Bonchev–Trinajstić information content (AvgIpc) is 3.14. The van der Waals surface area contributed by atoms with Gasteiger partial charge in [0.25, 0.3) is 0 Å². The standard InChI is InChI=1S/C25H33N3O3S/c1-8-31-22(29)14-21(27-32(30)25(5,6)7)19-13-20(24-26-9-10-28(24)15-19)23-17(3)11-16(2)12-18(23)4/h9-13,15,21,27H,8,14H2,1-7H3. The molecule has 0 aliphatic rings. The van der Waals surface area contributed by atoms with Gasteiger partial charge in [0.2, 0.25) is 0 Å². The summed E-state index contributed by atoms with van der Waals surface area (Å²) in [6.45, 7) is 14.1. The molecule has 0 bridgehead atoms. The molecule has 1 N–H and O–H groups in total. The summed E-state index contributed by atoms with van der Waals surface area (Å²) in [5.41, 5.74) is 7.35. The number of hydrogen-bond donors (Lipinski definition) is 1. The van der Waals surface area contributed by atoms with E-state index in [4.69, 9.17) is 4.74 Å². The van der Waals surface area contributed by atoms with Gasteiger partial charge < -0.3 is 9.14 Å². The van der Waals surface area contributed by atoms with E-state index in [9.17, 15) is 9.00 Å². The van der Waals surface area contributed by atoms with Crippen molar-refractivity contribution in [1.29, 1.82) is 0 Å². The number of aromatic nitrogens is 2. The lowest BCUT2D eigenvalue weighted by atomic mass is 9.92. The van der Waals surface area contributed by atoms with Crippen molar-refractivity contribution in [3.05, 3.63) is 59.0 Å². The Morgan fingerprint density at radius 3 is 2.44 bits per heavy atom. The highest BCUT2D eigenvalue weighted by molar-refractivity contribution is 7.84. The van der Waals surface area contributed by atoms with Crippen LogP contribution in [-0.2, 0) is 20.5 Å². The summed E-state index contributed by atoms with van der Waals surface area (Å²) in [7, 11) is -1.36. The van der Waals surface area contributed by atoms with Gasteiger partial charge in [-0.2, -0.15) is 0 Å². The number of pyridine rings is 1. The third-order valence-corrected chi connectivity index (χ3v) is 6.95. The van der Waals surface area contributed by atoms with Gasteiger partial charge in [-0.25, -0.2) is 13.9 Å². The summed E-state index contributed by atoms with van der Waals surface area (Å²) >= 11 is 0. The number of rotatable bonds is 7. The minimum atomic E-state index is -1.36. The molecule has 2 atom stereocenters. The SMILES string of the molecule is CCOC(=O)CC(NS(=O)C(C)(C)C)c1cc(-c2c(C)cc(C)cc2C)c2nccn2c1. The predicted octanol–water partition coefficient (Wildman–Crippen LogP) is 4.97. The molecule has 2 unspecified atom stereocenters. The molecular formula is C25H33N3O3S. The number of hydrogen-bond acceptors (Lipinski definition) is 4. The van der Waals surface area contributed by atoms with Crippen LogP contribution in [0, 0.1) is 20.8 Å². The minimum Gasteiger partial charge on any atom is -0.466 e. The monoisotopic (exact) mass is 455 g/mol. The molecule has 0 spiro atoms. The van der Waals surface area contributed by atoms with Crippen molar-refractivity contribution in [3.8, 4) is 11.1 Å². The Kier molecular flexibility index (Phi) is 7.20. The quantitative estimate of drug-likeness (QED) is 0.511. The third-order valence-electron chi connectivity index (χ3n) is 5.34. The molecule has 2 heterocycles. The highest BCUT2D eigenvalue weighted by Gasteiger charge is 2.27. The number of esters is 1. The topological polar surface area (TPSA) is 72.7 Å². The summed E-state index contributed by atoms with van der Waals surface area (Å²) < 4.78 is 22.8. The van der Waals surface area contributed by atoms with Gasteiger partial charge >= 0.3 is 5.97 Å². The van der Waals surface area contributed by atoms with Crippen molar-refractivity contribution < 1.29 is 13.7 Å². The van der Waals surface area contributed by atoms with Gasteiger partial charge in [-0.3, -0.25) is 4.79 Å². The van der Waals surface area contributed by atoms with Crippen LogP contribution in [0.1, 0.15) is 62.4 Å². The lowest BCUT2D eigenvalue weighted by molar-refractivity contribution is -0.143. The van der Waals surface area contributed by atoms with Crippen LogP contribution in [0.3, 0.4) is 0 Å². The van der Waals surface area contributed by atoms with Crippen LogP contribution >= 0.6 is 0 Å². The van der Waals surface area contributed by atoms with Crippen LogP contribution in [0.5, 0.6) is 0 Å². The first-order valence-corrected chi connectivity index (χ1v) is 12.0. The fraction of sp³-hybridized carbons (Fsp3) is 0.440. The van der Waals surface area contributed by atoms with Gasteiger partial charge in [0.05, 0.1) is 34.8 Å². The van der Waals surface area contributed by atoms with E-state index in [-0.39, 0.29) is 12.4 Å². The molecule has 2 aromatic heterocycles. The Morgan fingerprint density at radius 2 is 1.84 bits per heavy atom. The van der Waals surface area contributed by atoms with Gasteiger partial charge in [-0.1, -0.05) is 17.7 Å². The van der Waals surface area contributed by atoms with Crippen LogP contribution in [0.15, 0.2) is 36.8 Å². The first-order chi connectivity index (χ1) is 15.0. The van der Waals surface area contributed by atoms with Gasteiger partial charge in [0, 0.05) is 24.2 Å². The average molecular weight is 456 g/mol. The molecule has 172 valence electrons. The fourth-order valence-corrected chi connectivity index (χ4v) is 4.79. The van der Waals surface area contributed by atoms with Crippen molar-refractivity contribution in [2.24, 2.45) is 0 Å². The summed E-state index contributed by atoms with van der Waals surface area (Å²) in [5, 5.41) is 0. The zero-order valence-electron chi connectivity index (χ0n) is 20.0. The maximum Gasteiger partial charge on any atom is 0.307 e. The molecule has 0 radical (unpaired) electrons. The highest BCUT2D eigenvalue weighted by Crippen LogP contribution is 2.34. The second-order valence-corrected chi connectivity index (χ2v) is 11.2. The Balaban J connectivity index is 2.16. The van der Waals surface area contributed by atoms with Crippen molar-refractivity contribution in [2.45, 2.75) is 65.7 Å². The molecule has 0 saturated carbocycles. The molecule has 6 nitrogen and oxygen atoms in total. The van der Waals surface area contributed by atoms with E-state index in [1.165, 1.54) is 5.56 Å². The number of aryl methyl sites for hydroxylation is 3. The first-order valence-electron chi connectivity index (χ1n) is 10.9. The van der Waals surface area contributed by atoms with Gasteiger partial charge in [-0.05, 0) is 76.8 Å². The zero-order chi connectivity index (χ0) is 23.6. The van der Waals surface area contributed by atoms with E-state index in [0.29, 0.717) is 6.61 Å². The largest absolute Gasteiger partial charge is 0.466 e. The number of nitrogens with one attached hydrogen (secondary N) is 1. The molecule has 1 aromatic carbocycles. The second kappa shape index (κ2) is 9.55. The number of nitrogens with zero attached hydrogens (tertiary/aromatic N) is 2. The van der Waals surface area contributed by atoms with Gasteiger partial charge in [-0.15, -0.1) is 0 Å². The Morgan fingerprint density at radius 1 is 1.19 bits per heavy atom. The van der Waals surface area contributed by atoms with E-state index in [1.54, 1.807) is 13.1 Å². The summed E-state index contributed by atoms with van der Waals surface area (Å²) in [5.74, 6) is -0.328. The molecule has 0 fully saturated rings. The molecule has 0 aliphatic heterocycles. The molecule has 0 saturated heterocycles. The van der Waals surface area contributed by atoms with Crippen molar-refractivity contribution >= 4 is 22.6 Å². The Hall–Kier alpha value is -2.51. The van der Waals surface area contributed by atoms with E-state index in [2.05, 4.69) is 48.7 Å². The summed E-state index contributed by atoms with van der Waals surface area (Å²) in [6, 6.07) is 5.92. The number of fused-ring (bicyclic) bond motifs is 1. The fourth-order valence-electron chi connectivity index (χ4n) is 3.95. The number of imidazole rings is 1. The van der Waals surface area contributed by atoms with Crippen molar-refractivity contribution in [1.82, 2.24) is 14.1 Å².